The van der Waals surface area contributed by atoms with Crippen molar-refractivity contribution >= 4 is 23.2 Å². The summed E-state index contributed by atoms with van der Waals surface area (Å²) in [5, 5.41) is 9.60. The van der Waals surface area contributed by atoms with Crippen LogP contribution in [-0.4, -0.2) is 38.9 Å². The van der Waals surface area contributed by atoms with E-state index < -0.39 is 0 Å². The average molecular weight is 466 g/mol. The van der Waals surface area contributed by atoms with Crippen molar-refractivity contribution in [3.8, 4) is 11.3 Å². The number of nitrogens with zero attached hydrogens (tertiary/aromatic N) is 4. The number of carbonyl (C=O) groups excluding carboxylic acids is 1. The van der Waals surface area contributed by atoms with E-state index in [-0.39, 0.29) is 5.91 Å². The smallest absolute Gasteiger partial charge is 0.255 e. The number of piperidine rings is 1. The van der Waals surface area contributed by atoms with Crippen LogP contribution in [0.3, 0.4) is 0 Å². The molecule has 3 aromatic heterocycles. The van der Waals surface area contributed by atoms with Gasteiger partial charge in [0.2, 0.25) is 5.95 Å². The third-order valence-electron chi connectivity index (χ3n) is 6.15. The van der Waals surface area contributed by atoms with Gasteiger partial charge in [0, 0.05) is 36.3 Å². The number of rotatable bonds is 6. The van der Waals surface area contributed by atoms with Gasteiger partial charge < -0.3 is 16.0 Å². The van der Waals surface area contributed by atoms with Gasteiger partial charge in [-0.25, -0.2) is 9.97 Å². The van der Waals surface area contributed by atoms with Crippen LogP contribution < -0.4 is 16.0 Å². The third-order valence-corrected chi connectivity index (χ3v) is 6.15. The normalized spacial score (nSPS) is 15.4. The van der Waals surface area contributed by atoms with Crippen molar-refractivity contribution in [2.24, 2.45) is 0 Å². The largest absolute Gasteiger partial charge is 0.322 e. The molecular formula is C27H27N7O. The molecule has 1 aromatic carbocycles. The highest BCUT2D eigenvalue weighted by Gasteiger charge is 2.16. The number of aryl methyl sites for hydroxylation is 1. The van der Waals surface area contributed by atoms with Gasteiger partial charge in [-0.2, -0.15) is 0 Å². The quantitative estimate of drug-likeness (QED) is 0.379. The van der Waals surface area contributed by atoms with Gasteiger partial charge in [-0.05, 0) is 74.2 Å². The first-order valence-electron chi connectivity index (χ1n) is 11.7. The molecule has 0 saturated carbocycles. The molecule has 8 heteroatoms. The molecule has 35 heavy (non-hydrogen) atoms. The molecule has 4 aromatic rings. The van der Waals surface area contributed by atoms with Gasteiger partial charge in [-0.3, -0.25) is 14.8 Å². The number of amides is 1. The monoisotopic (exact) mass is 465 g/mol. The van der Waals surface area contributed by atoms with Gasteiger partial charge in [0.05, 0.1) is 29.0 Å². The van der Waals surface area contributed by atoms with E-state index in [9.17, 15) is 4.79 Å². The Hall–Kier alpha value is -4.17. The second-order valence-electron chi connectivity index (χ2n) is 8.61. The fraction of sp³-hybridized carbons (Fsp3) is 0.222. The van der Waals surface area contributed by atoms with Crippen molar-refractivity contribution in [1.29, 1.82) is 0 Å². The predicted octanol–water partition coefficient (Wildman–Crippen LogP) is 4.70. The number of pyridine rings is 2. The van der Waals surface area contributed by atoms with Crippen LogP contribution in [0.15, 0.2) is 73.3 Å². The Labute approximate surface area is 204 Å². The zero-order chi connectivity index (χ0) is 24.0. The lowest BCUT2D eigenvalue weighted by Crippen LogP contribution is -2.28. The summed E-state index contributed by atoms with van der Waals surface area (Å²) >= 11 is 0. The maximum Gasteiger partial charge on any atom is 0.255 e. The Balaban J connectivity index is 1.28. The number of hydrogen-bond donors (Lipinski definition) is 3. The zero-order valence-electron chi connectivity index (χ0n) is 19.5. The van der Waals surface area contributed by atoms with Crippen LogP contribution in [0, 0.1) is 6.92 Å². The van der Waals surface area contributed by atoms with Crippen LogP contribution >= 0.6 is 0 Å². The number of anilines is 3. The fourth-order valence-electron chi connectivity index (χ4n) is 4.19. The molecule has 0 bridgehead atoms. The molecule has 3 N–H and O–H groups in total. The molecule has 8 nitrogen and oxygen atoms in total. The van der Waals surface area contributed by atoms with Crippen LogP contribution in [0.1, 0.15) is 40.4 Å². The van der Waals surface area contributed by atoms with Crippen LogP contribution in [-0.2, 0) is 0 Å². The minimum Gasteiger partial charge on any atom is -0.322 e. The first-order valence-corrected chi connectivity index (χ1v) is 11.7. The van der Waals surface area contributed by atoms with Gasteiger partial charge in [-0.1, -0.05) is 12.1 Å². The zero-order valence-corrected chi connectivity index (χ0v) is 19.5. The molecule has 176 valence electrons. The molecule has 5 rings (SSSR count). The summed E-state index contributed by atoms with van der Waals surface area (Å²) in [6.45, 7) is 3.96. The molecule has 0 radical (unpaired) electrons. The molecule has 0 aliphatic carbocycles. The van der Waals surface area contributed by atoms with E-state index >= 15 is 0 Å². The van der Waals surface area contributed by atoms with Gasteiger partial charge in [-0.15, -0.1) is 0 Å². The van der Waals surface area contributed by atoms with Crippen LogP contribution in [0.4, 0.5) is 17.3 Å². The molecule has 0 spiro atoms. The Bertz CT molecular complexity index is 1300. The highest BCUT2D eigenvalue weighted by Crippen LogP contribution is 2.25. The van der Waals surface area contributed by atoms with Crippen molar-refractivity contribution < 1.29 is 4.79 Å². The standard InChI is InChI=1S/C27H27N7O/c1-18-25(34-27-30-13-10-24(33-27)22-5-3-12-29-16-22)14-23(17-31-18)32-26(35)20-8-6-19(7-9-20)21-4-2-11-28-15-21/h3,5-10,12-14,16-17,21,28H,2,4,11,15H2,1H3,(H,32,35)(H,30,33,34). The van der Waals surface area contributed by atoms with E-state index in [1.165, 1.54) is 18.4 Å². The van der Waals surface area contributed by atoms with Gasteiger partial charge >= 0.3 is 0 Å². The molecule has 1 fully saturated rings. The summed E-state index contributed by atoms with van der Waals surface area (Å²) in [4.78, 5) is 30.3. The number of carbonyl (C=O) groups is 1. The second kappa shape index (κ2) is 10.4. The first kappa shape index (κ1) is 22.6. The van der Waals surface area contributed by atoms with E-state index in [1.807, 2.05) is 43.3 Å². The number of hydrogen-bond acceptors (Lipinski definition) is 7. The fourth-order valence-corrected chi connectivity index (χ4v) is 4.19. The minimum absolute atomic E-state index is 0.176. The molecule has 1 atom stereocenters. The number of nitrogens with one attached hydrogen (secondary N) is 3. The Morgan fingerprint density at radius 3 is 2.71 bits per heavy atom. The Kier molecular flexibility index (Phi) is 6.72. The lowest BCUT2D eigenvalue weighted by molar-refractivity contribution is 0.102. The summed E-state index contributed by atoms with van der Waals surface area (Å²) in [5.74, 6) is 0.770. The lowest BCUT2D eigenvalue weighted by Gasteiger charge is -2.23. The van der Waals surface area contributed by atoms with Gasteiger partial charge in [0.1, 0.15) is 0 Å². The van der Waals surface area contributed by atoms with Crippen molar-refractivity contribution in [1.82, 2.24) is 25.3 Å². The van der Waals surface area contributed by atoms with Crippen LogP contribution in [0.25, 0.3) is 11.3 Å². The van der Waals surface area contributed by atoms with Crippen LogP contribution in [0.5, 0.6) is 0 Å². The van der Waals surface area contributed by atoms with E-state index in [1.54, 1.807) is 24.8 Å². The summed E-state index contributed by atoms with van der Waals surface area (Å²) in [6.07, 6.45) is 9.18. The van der Waals surface area contributed by atoms with Crippen molar-refractivity contribution in [3.05, 3.63) is 90.1 Å². The molecule has 1 aliphatic heterocycles. The summed E-state index contributed by atoms with van der Waals surface area (Å²) in [5.41, 5.74) is 5.62. The minimum atomic E-state index is -0.176. The maximum atomic E-state index is 12.9. The van der Waals surface area contributed by atoms with E-state index in [0.717, 1.165) is 30.0 Å². The van der Waals surface area contributed by atoms with Gasteiger partial charge in [0.25, 0.3) is 5.91 Å². The van der Waals surface area contributed by atoms with E-state index in [4.69, 9.17) is 0 Å². The molecule has 4 heterocycles. The summed E-state index contributed by atoms with van der Waals surface area (Å²) in [7, 11) is 0. The number of benzene rings is 1. The summed E-state index contributed by atoms with van der Waals surface area (Å²) < 4.78 is 0. The highest BCUT2D eigenvalue weighted by molar-refractivity contribution is 6.04. The van der Waals surface area contributed by atoms with Crippen molar-refractivity contribution in [2.45, 2.75) is 25.7 Å². The number of aromatic nitrogens is 4. The maximum absolute atomic E-state index is 12.9. The average Bonchev–Trinajstić information content (AvgIpc) is 2.92. The summed E-state index contributed by atoms with van der Waals surface area (Å²) in [6, 6.07) is 15.4. The Morgan fingerprint density at radius 2 is 1.94 bits per heavy atom. The SMILES string of the molecule is Cc1ncc(NC(=O)c2ccc(C3CCCNC3)cc2)cc1Nc1nccc(-c2cccnc2)n1. The lowest BCUT2D eigenvalue weighted by atomic mass is 9.91. The van der Waals surface area contributed by atoms with E-state index in [0.29, 0.717) is 28.8 Å². The van der Waals surface area contributed by atoms with Crippen LogP contribution in [0.2, 0.25) is 0 Å². The Morgan fingerprint density at radius 1 is 1.06 bits per heavy atom. The molecule has 1 saturated heterocycles. The molecule has 1 amide bonds. The molecule has 1 unspecified atom stereocenters. The topological polar surface area (TPSA) is 105 Å². The van der Waals surface area contributed by atoms with Crippen molar-refractivity contribution in [2.75, 3.05) is 23.7 Å². The third kappa shape index (κ3) is 5.50. The van der Waals surface area contributed by atoms with E-state index in [2.05, 4.69) is 48.0 Å². The highest BCUT2D eigenvalue weighted by atomic mass is 16.1. The second-order valence-corrected chi connectivity index (χ2v) is 8.61. The molecular weight excluding hydrogens is 438 g/mol. The van der Waals surface area contributed by atoms with Gasteiger partial charge in [0.15, 0.2) is 0 Å². The van der Waals surface area contributed by atoms with Crippen molar-refractivity contribution in [3.63, 3.8) is 0 Å². The first-order chi connectivity index (χ1) is 17.2. The molecule has 1 aliphatic rings. The predicted molar refractivity (Wildman–Crippen MR) is 137 cm³/mol.